The van der Waals surface area contributed by atoms with Crippen molar-refractivity contribution in [3.63, 3.8) is 0 Å². The van der Waals surface area contributed by atoms with Gasteiger partial charge in [0.1, 0.15) is 0 Å². The zero-order valence-electron chi connectivity index (χ0n) is 11.3. The highest BCUT2D eigenvalue weighted by Crippen LogP contribution is 2.32. The molecular formula is C14H29NO. The van der Waals surface area contributed by atoms with E-state index in [1.165, 1.54) is 51.5 Å². The van der Waals surface area contributed by atoms with Crippen molar-refractivity contribution in [1.29, 1.82) is 0 Å². The molecule has 0 aromatic carbocycles. The third-order valence-electron chi connectivity index (χ3n) is 4.27. The van der Waals surface area contributed by atoms with Crippen LogP contribution in [0.4, 0.5) is 0 Å². The molecule has 0 heterocycles. The highest BCUT2D eigenvalue weighted by atomic mass is 16.5. The molecule has 0 spiro atoms. The second kappa shape index (κ2) is 7.29. The topological polar surface area (TPSA) is 21.3 Å². The number of hydrogen-bond acceptors (Lipinski definition) is 2. The second-order valence-corrected chi connectivity index (χ2v) is 5.29. The van der Waals surface area contributed by atoms with Crippen molar-refractivity contribution >= 4 is 0 Å². The zero-order valence-corrected chi connectivity index (χ0v) is 11.3. The van der Waals surface area contributed by atoms with Crippen molar-refractivity contribution in [2.45, 2.75) is 64.3 Å². The van der Waals surface area contributed by atoms with Crippen LogP contribution in [0.25, 0.3) is 0 Å². The summed E-state index contributed by atoms with van der Waals surface area (Å²) in [7, 11) is 1.81. The summed E-state index contributed by atoms with van der Waals surface area (Å²) in [5.74, 6) is 0.847. The Morgan fingerprint density at radius 1 is 1.19 bits per heavy atom. The van der Waals surface area contributed by atoms with Crippen molar-refractivity contribution in [1.82, 2.24) is 5.32 Å². The SMILES string of the molecule is CCC(CC)CNC1(CCOC)CCCC1. The molecule has 1 rings (SSSR count). The van der Waals surface area contributed by atoms with Gasteiger partial charge in [0.25, 0.3) is 0 Å². The average molecular weight is 227 g/mol. The van der Waals surface area contributed by atoms with Crippen LogP contribution >= 0.6 is 0 Å². The predicted octanol–water partition coefficient (Wildman–Crippen LogP) is 3.36. The molecule has 1 aliphatic rings. The lowest BCUT2D eigenvalue weighted by molar-refractivity contribution is 0.151. The Morgan fingerprint density at radius 2 is 1.81 bits per heavy atom. The Hall–Kier alpha value is -0.0800. The quantitative estimate of drug-likeness (QED) is 0.686. The molecule has 0 radical (unpaired) electrons. The van der Waals surface area contributed by atoms with Crippen molar-refractivity contribution in [3.05, 3.63) is 0 Å². The predicted molar refractivity (Wildman–Crippen MR) is 69.8 cm³/mol. The smallest absolute Gasteiger partial charge is 0.0479 e. The van der Waals surface area contributed by atoms with Crippen molar-refractivity contribution in [2.75, 3.05) is 20.3 Å². The number of ether oxygens (including phenoxy) is 1. The van der Waals surface area contributed by atoms with Crippen molar-refractivity contribution in [2.24, 2.45) is 5.92 Å². The van der Waals surface area contributed by atoms with Gasteiger partial charge < -0.3 is 10.1 Å². The minimum absolute atomic E-state index is 0.401. The van der Waals surface area contributed by atoms with Gasteiger partial charge in [-0.15, -0.1) is 0 Å². The van der Waals surface area contributed by atoms with Gasteiger partial charge in [-0.1, -0.05) is 39.5 Å². The molecule has 1 fully saturated rings. The van der Waals surface area contributed by atoms with Crippen LogP contribution < -0.4 is 5.32 Å². The first kappa shape index (κ1) is 14.0. The molecule has 2 nitrogen and oxygen atoms in total. The van der Waals surface area contributed by atoms with Gasteiger partial charge in [0.2, 0.25) is 0 Å². The van der Waals surface area contributed by atoms with E-state index in [9.17, 15) is 0 Å². The van der Waals surface area contributed by atoms with Crippen LogP contribution in [0.2, 0.25) is 0 Å². The van der Waals surface area contributed by atoms with E-state index in [-0.39, 0.29) is 0 Å². The fourth-order valence-electron chi connectivity index (χ4n) is 2.80. The maximum atomic E-state index is 5.25. The van der Waals surface area contributed by atoms with Crippen LogP contribution in [-0.2, 0) is 4.74 Å². The molecule has 0 saturated heterocycles. The van der Waals surface area contributed by atoms with E-state index in [1.54, 1.807) is 0 Å². The molecule has 2 heteroatoms. The van der Waals surface area contributed by atoms with E-state index in [2.05, 4.69) is 19.2 Å². The molecule has 0 amide bonds. The molecule has 1 N–H and O–H groups in total. The van der Waals surface area contributed by atoms with Crippen LogP contribution in [-0.4, -0.2) is 25.8 Å². The second-order valence-electron chi connectivity index (χ2n) is 5.29. The minimum Gasteiger partial charge on any atom is -0.385 e. The van der Waals surface area contributed by atoms with E-state index in [1.807, 2.05) is 7.11 Å². The summed E-state index contributed by atoms with van der Waals surface area (Å²) in [5.41, 5.74) is 0.401. The van der Waals surface area contributed by atoms with Gasteiger partial charge in [-0.3, -0.25) is 0 Å². The average Bonchev–Trinajstić information content (AvgIpc) is 2.77. The van der Waals surface area contributed by atoms with Gasteiger partial charge in [0.15, 0.2) is 0 Å². The first-order chi connectivity index (χ1) is 7.76. The lowest BCUT2D eigenvalue weighted by Gasteiger charge is -2.32. The Morgan fingerprint density at radius 3 is 2.31 bits per heavy atom. The van der Waals surface area contributed by atoms with E-state index < -0.39 is 0 Å². The van der Waals surface area contributed by atoms with Gasteiger partial charge in [-0.25, -0.2) is 0 Å². The largest absolute Gasteiger partial charge is 0.385 e. The molecule has 0 aliphatic heterocycles. The molecule has 96 valence electrons. The fraction of sp³-hybridized carbons (Fsp3) is 1.00. The highest BCUT2D eigenvalue weighted by Gasteiger charge is 2.32. The van der Waals surface area contributed by atoms with Crippen LogP contribution in [0, 0.1) is 5.92 Å². The van der Waals surface area contributed by atoms with Gasteiger partial charge >= 0.3 is 0 Å². The Kier molecular flexibility index (Phi) is 6.37. The standard InChI is InChI=1S/C14H29NO/c1-4-13(5-2)12-15-14(10-11-16-3)8-6-7-9-14/h13,15H,4-12H2,1-3H3. The number of hydrogen-bond donors (Lipinski definition) is 1. The van der Waals surface area contributed by atoms with Gasteiger partial charge in [0, 0.05) is 19.3 Å². The maximum Gasteiger partial charge on any atom is 0.0479 e. The molecule has 0 bridgehead atoms. The van der Waals surface area contributed by atoms with Crippen LogP contribution in [0.5, 0.6) is 0 Å². The number of methoxy groups -OCH3 is 1. The maximum absolute atomic E-state index is 5.25. The Bertz CT molecular complexity index is 172. The summed E-state index contributed by atoms with van der Waals surface area (Å²) in [6, 6.07) is 0. The number of nitrogens with one attached hydrogen (secondary N) is 1. The van der Waals surface area contributed by atoms with Crippen molar-refractivity contribution in [3.8, 4) is 0 Å². The lowest BCUT2D eigenvalue weighted by Crippen LogP contribution is -2.45. The summed E-state index contributed by atoms with van der Waals surface area (Å²) < 4.78 is 5.25. The van der Waals surface area contributed by atoms with E-state index in [0.717, 1.165) is 12.5 Å². The number of rotatable bonds is 8. The molecule has 0 unspecified atom stereocenters. The molecule has 1 aliphatic carbocycles. The third-order valence-corrected chi connectivity index (χ3v) is 4.27. The first-order valence-corrected chi connectivity index (χ1v) is 7.00. The Labute approximate surface area is 101 Å². The first-order valence-electron chi connectivity index (χ1n) is 7.00. The van der Waals surface area contributed by atoms with Crippen molar-refractivity contribution < 1.29 is 4.74 Å². The molecule has 0 aromatic heterocycles. The normalized spacial score (nSPS) is 19.5. The molecule has 0 atom stereocenters. The van der Waals surface area contributed by atoms with Gasteiger partial charge in [-0.05, 0) is 31.7 Å². The van der Waals surface area contributed by atoms with Crippen LogP contribution in [0.1, 0.15) is 58.8 Å². The van der Waals surface area contributed by atoms with E-state index in [0.29, 0.717) is 5.54 Å². The fourth-order valence-corrected chi connectivity index (χ4v) is 2.80. The molecular weight excluding hydrogens is 198 g/mol. The summed E-state index contributed by atoms with van der Waals surface area (Å²) >= 11 is 0. The van der Waals surface area contributed by atoms with Crippen LogP contribution in [0.3, 0.4) is 0 Å². The van der Waals surface area contributed by atoms with Crippen LogP contribution in [0.15, 0.2) is 0 Å². The summed E-state index contributed by atoms with van der Waals surface area (Å²) in [4.78, 5) is 0. The molecule has 1 saturated carbocycles. The molecule has 16 heavy (non-hydrogen) atoms. The summed E-state index contributed by atoms with van der Waals surface area (Å²) in [5, 5.41) is 3.85. The molecule has 0 aromatic rings. The lowest BCUT2D eigenvalue weighted by atomic mass is 9.92. The summed E-state index contributed by atoms with van der Waals surface area (Å²) in [6.07, 6.45) is 9.24. The zero-order chi connectivity index (χ0) is 11.9. The Balaban J connectivity index is 2.38. The minimum atomic E-state index is 0.401. The monoisotopic (exact) mass is 227 g/mol. The van der Waals surface area contributed by atoms with E-state index >= 15 is 0 Å². The highest BCUT2D eigenvalue weighted by molar-refractivity contribution is 4.92. The van der Waals surface area contributed by atoms with Gasteiger partial charge in [0.05, 0.1) is 0 Å². The third kappa shape index (κ3) is 4.06. The van der Waals surface area contributed by atoms with Gasteiger partial charge in [-0.2, -0.15) is 0 Å². The summed E-state index contributed by atoms with van der Waals surface area (Å²) in [6.45, 7) is 6.69. The van der Waals surface area contributed by atoms with E-state index in [4.69, 9.17) is 4.74 Å².